The molecule has 1 saturated heterocycles. The van der Waals surface area contributed by atoms with Crippen molar-refractivity contribution in [3.05, 3.63) is 48.7 Å². The van der Waals surface area contributed by atoms with E-state index in [0.29, 0.717) is 26.2 Å². The third-order valence-corrected chi connectivity index (χ3v) is 4.34. The summed E-state index contributed by atoms with van der Waals surface area (Å²) in [6.07, 6.45) is 7.03. The zero-order chi connectivity index (χ0) is 17.8. The van der Waals surface area contributed by atoms with Gasteiger partial charge in [-0.3, -0.25) is 24.6 Å². The van der Waals surface area contributed by atoms with Gasteiger partial charge in [-0.2, -0.15) is 0 Å². The highest BCUT2D eigenvalue weighted by Gasteiger charge is 2.15. The lowest BCUT2D eigenvalue weighted by atomic mass is 10.1. The van der Waals surface area contributed by atoms with Gasteiger partial charge in [-0.15, -0.1) is 0 Å². The Labute approximate surface area is 151 Å². The number of hydrogen-bond acceptors (Lipinski definition) is 7. The average molecular weight is 349 g/mol. The number of ether oxygens (including phenoxy) is 1. The van der Waals surface area contributed by atoms with E-state index in [1.54, 1.807) is 24.8 Å². The number of nitrogens with zero attached hydrogens (tertiary/aromatic N) is 5. The highest BCUT2D eigenvalue weighted by atomic mass is 16.5. The number of morpholine rings is 1. The molecule has 0 aliphatic carbocycles. The van der Waals surface area contributed by atoms with Crippen LogP contribution in [-0.4, -0.2) is 63.5 Å². The molecule has 7 heteroatoms. The molecular formula is C19H19N5O2. The quantitative estimate of drug-likeness (QED) is 0.691. The molecule has 3 aromatic heterocycles. The molecule has 0 saturated carbocycles. The molecule has 4 rings (SSSR count). The summed E-state index contributed by atoms with van der Waals surface area (Å²) in [5.41, 5.74) is 3.01. The van der Waals surface area contributed by atoms with Gasteiger partial charge in [0, 0.05) is 42.8 Å². The molecular weight excluding hydrogens is 330 g/mol. The fraction of sp³-hybridized carbons (Fsp3) is 0.316. The molecule has 3 aromatic rings. The van der Waals surface area contributed by atoms with Crippen molar-refractivity contribution in [2.24, 2.45) is 0 Å². The Bertz CT molecular complexity index is 910. The highest BCUT2D eigenvalue weighted by molar-refractivity contribution is 5.85. The van der Waals surface area contributed by atoms with Crippen LogP contribution >= 0.6 is 0 Å². The Kier molecular flexibility index (Phi) is 4.90. The first-order valence-corrected chi connectivity index (χ1v) is 8.62. The summed E-state index contributed by atoms with van der Waals surface area (Å²) >= 11 is 0. The van der Waals surface area contributed by atoms with Crippen LogP contribution in [0, 0.1) is 0 Å². The average Bonchev–Trinajstić information content (AvgIpc) is 2.69. The minimum absolute atomic E-state index is 0.156. The molecule has 0 radical (unpaired) electrons. The summed E-state index contributed by atoms with van der Waals surface area (Å²) in [6, 6.07) is 5.74. The molecule has 0 atom stereocenters. The van der Waals surface area contributed by atoms with Crippen molar-refractivity contribution in [3.63, 3.8) is 0 Å². The van der Waals surface area contributed by atoms with Crippen molar-refractivity contribution < 1.29 is 9.53 Å². The van der Waals surface area contributed by atoms with E-state index < -0.39 is 0 Å². The predicted molar refractivity (Wildman–Crippen MR) is 96.5 cm³/mol. The maximum absolute atomic E-state index is 12.3. The molecule has 4 heterocycles. The van der Waals surface area contributed by atoms with Gasteiger partial charge in [0.2, 0.25) is 0 Å². The molecule has 0 amide bonds. The number of rotatable bonds is 5. The molecule has 0 bridgehead atoms. The molecule has 1 aliphatic heterocycles. The third kappa shape index (κ3) is 3.89. The van der Waals surface area contributed by atoms with Crippen LogP contribution in [0.4, 0.5) is 0 Å². The molecule has 0 spiro atoms. The van der Waals surface area contributed by atoms with Gasteiger partial charge in [-0.1, -0.05) is 0 Å². The largest absolute Gasteiger partial charge is 0.379 e. The monoisotopic (exact) mass is 349 g/mol. The van der Waals surface area contributed by atoms with Crippen LogP contribution < -0.4 is 0 Å². The summed E-state index contributed by atoms with van der Waals surface area (Å²) < 4.78 is 5.31. The predicted octanol–water partition coefficient (Wildman–Crippen LogP) is 1.53. The Morgan fingerprint density at radius 3 is 2.77 bits per heavy atom. The second-order valence-corrected chi connectivity index (χ2v) is 6.26. The fourth-order valence-electron chi connectivity index (χ4n) is 3.00. The van der Waals surface area contributed by atoms with Crippen LogP contribution in [0.1, 0.15) is 5.69 Å². The number of carbonyl (C=O) groups excluding carboxylic acids is 1. The second kappa shape index (κ2) is 7.63. The summed E-state index contributed by atoms with van der Waals surface area (Å²) in [7, 11) is 0. The van der Waals surface area contributed by atoms with Crippen LogP contribution in [0.5, 0.6) is 0 Å². The van der Waals surface area contributed by atoms with E-state index in [2.05, 4.69) is 24.8 Å². The van der Waals surface area contributed by atoms with Crippen LogP contribution in [-0.2, 0) is 16.0 Å². The van der Waals surface area contributed by atoms with Gasteiger partial charge in [0.05, 0.1) is 43.6 Å². The van der Waals surface area contributed by atoms with E-state index in [1.165, 1.54) is 0 Å². The lowest BCUT2D eigenvalue weighted by molar-refractivity contribution is -0.120. The normalized spacial score (nSPS) is 15.2. The first kappa shape index (κ1) is 16.7. The van der Waals surface area contributed by atoms with E-state index in [4.69, 9.17) is 4.74 Å². The van der Waals surface area contributed by atoms with Gasteiger partial charge >= 0.3 is 0 Å². The van der Waals surface area contributed by atoms with Gasteiger partial charge in [0.1, 0.15) is 5.69 Å². The zero-order valence-electron chi connectivity index (χ0n) is 14.3. The van der Waals surface area contributed by atoms with E-state index >= 15 is 0 Å². The van der Waals surface area contributed by atoms with Gasteiger partial charge in [-0.25, -0.2) is 4.98 Å². The molecule has 0 unspecified atom stereocenters. The first-order valence-electron chi connectivity index (χ1n) is 8.62. The Balaban J connectivity index is 1.51. The van der Waals surface area contributed by atoms with Crippen molar-refractivity contribution in [2.45, 2.75) is 6.42 Å². The van der Waals surface area contributed by atoms with Crippen LogP contribution in [0.15, 0.2) is 43.0 Å². The molecule has 7 nitrogen and oxygen atoms in total. The number of aromatic nitrogens is 4. The standard InChI is InChI=1S/C19H19N5O2/c25-16(13-24-5-7-26-8-6-24)9-15-10-18-14(11-22-15)1-2-17(23-18)19-12-20-3-4-21-19/h1-4,10-12H,5-9,13H2. The van der Waals surface area contributed by atoms with Crippen molar-refractivity contribution in [2.75, 3.05) is 32.8 Å². The van der Waals surface area contributed by atoms with Crippen molar-refractivity contribution >= 4 is 16.7 Å². The summed E-state index contributed by atoms with van der Waals surface area (Å²) in [6.45, 7) is 3.43. The fourth-order valence-corrected chi connectivity index (χ4v) is 3.00. The number of Topliss-reactive ketones (excluding diaryl/α,β-unsaturated/α-hetero) is 1. The smallest absolute Gasteiger partial charge is 0.152 e. The summed E-state index contributed by atoms with van der Waals surface area (Å²) in [5, 5.41) is 0.932. The Morgan fingerprint density at radius 2 is 1.96 bits per heavy atom. The number of hydrogen-bond donors (Lipinski definition) is 0. The number of fused-ring (bicyclic) bond motifs is 1. The first-order chi connectivity index (χ1) is 12.8. The van der Waals surface area contributed by atoms with Crippen molar-refractivity contribution in [1.82, 2.24) is 24.8 Å². The Hall–Kier alpha value is -2.77. The maximum Gasteiger partial charge on any atom is 0.152 e. The SMILES string of the molecule is O=C(Cc1cc2nc(-c3cnccn3)ccc2cn1)CN1CCOCC1. The maximum atomic E-state index is 12.3. The third-order valence-electron chi connectivity index (χ3n) is 4.34. The number of carbonyl (C=O) groups is 1. The lowest BCUT2D eigenvalue weighted by Gasteiger charge is -2.25. The van der Waals surface area contributed by atoms with Crippen LogP contribution in [0.25, 0.3) is 22.3 Å². The van der Waals surface area contributed by atoms with E-state index in [0.717, 1.165) is 41.1 Å². The molecule has 132 valence electrons. The van der Waals surface area contributed by atoms with E-state index in [-0.39, 0.29) is 5.78 Å². The Morgan fingerprint density at radius 1 is 1.08 bits per heavy atom. The molecule has 26 heavy (non-hydrogen) atoms. The molecule has 0 aromatic carbocycles. The molecule has 0 N–H and O–H groups in total. The van der Waals surface area contributed by atoms with Crippen molar-refractivity contribution in [3.8, 4) is 11.4 Å². The number of pyridine rings is 2. The minimum Gasteiger partial charge on any atom is -0.379 e. The minimum atomic E-state index is 0.156. The van der Waals surface area contributed by atoms with Gasteiger partial charge in [0.25, 0.3) is 0 Å². The van der Waals surface area contributed by atoms with E-state index in [9.17, 15) is 4.79 Å². The molecule has 1 aliphatic rings. The second-order valence-electron chi connectivity index (χ2n) is 6.26. The topological polar surface area (TPSA) is 81.1 Å². The lowest BCUT2D eigenvalue weighted by Crippen LogP contribution is -2.39. The molecule has 1 fully saturated rings. The highest BCUT2D eigenvalue weighted by Crippen LogP contribution is 2.19. The van der Waals surface area contributed by atoms with Crippen molar-refractivity contribution in [1.29, 1.82) is 0 Å². The zero-order valence-corrected chi connectivity index (χ0v) is 14.3. The van der Waals surface area contributed by atoms with Gasteiger partial charge < -0.3 is 4.74 Å². The number of ketones is 1. The van der Waals surface area contributed by atoms with Crippen LogP contribution in [0.2, 0.25) is 0 Å². The van der Waals surface area contributed by atoms with E-state index in [1.807, 2.05) is 18.2 Å². The van der Waals surface area contributed by atoms with Gasteiger partial charge in [0.15, 0.2) is 5.78 Å². The summed E-state index contributed by atoms with van der Waals surface area (Å²) in [4.78, 5) is 31.9. The summed E-state index contributed by atoms with van der Waals surface area (Å²) in [5.74, 6) is 0.156. The van der Waals surface area contributed by atoms with Crippen LogP contribution in [0.3, 0.4) is 0 Å². The van der Waals surface area contributed by atoms with Gasteiger partial charge in [-0.05, 0) is 18.2 Å².